The fourth-order valence-corrected chi connectivity index (χ4v) is 2.40. The van der Waals surface area contributed by atoms with E-state index in [0.29, 0.717) is 15.8 Å². The number of furan rings is 1. The van der Waals surface area contributed by atoms with Gasteiger partial charge in [-0.25, -0.2) is 0 Å². The summed E-state index contributed by atoms with van der Waals surface area (Å²) in [5, 5.41) is 3.77. The second-order valence-electron chi connectivity index (χ2n) is 4.95. The average Bonchev–Trinajstić information content (AvgIpc) is 2.97. The maximum atomic E-state index is 11.8. The van der Waals surface area contributed by atoms with Gasteiger partial charge in [0.25, 0.3) is 5.91 Å². The summed E-state index contributed by atoms with van der Waals surface area (Å²) >= 11 is 11.8. The average molecular weight is 342 g/mol. The fraction of sp³-hybridized carbons (Fsp3) is 0.312. The van der Waals surface area contributed by atoms with Crippen molar-refractivity contribution in [1.29, 1.82) is 0 Å². The first kappa shape index (κ1) is 16.7. The van der Waals surface area contributed by atoms with Crippen molar-refractivity contribution in [3.63, 3.8) is 0 Å². The SMILES string of the molecule is C[C@H](CCc1ccco1)NC(=O)COc1ccc(Cl)cc1Cl. The zero-order valence-corrected chi connectivity index (χ0v) is 13.7. The summed E-state index contributed by atoms with van der Waals surface area (Å²) in [5.41, 5.74) is 0. The first-order valence-corrected chi connectivity index (χ1v) is 7.70. The number of hydrogen-bond donors (Lipinski definition) is 1. The van der Waals surface area contributed by atoms with Crippen LogP contribution in [0.2, 0.25) is 10.0 Å². The van der Waals surface area contributed by atoms with Gasteiger partial charge >= 0.3 is 0 Å². The molecule has 1 N–H and O–H groups in total. The molecule has 1 aromatic carbocycles. The highest BCUT2D eigenvalue weighted by Gasteiger charge is 2.10. The van der Waals surface area contributed by atoms with Gasteiger partial charge in [-0.2, -0.15) is 0 Å². The molecule has 118 valence electrons. The van der Waals surface area contributed by atoms with Crippen molar-refractivity contribution in [2.45, 2.75) is 25.8 Å². The van der Waals surface area contributed by atoms with E-state index < -0.39 is 0 Å². The summed E-state index contributed by atoms with van der Waals surface area (Å²) in [6.45, 7) is 1.85. The number of amides is 1. The Morgan fingerprint density at radius 2 is 2.18 bits per heavy atom. The minimum atomic E-state index is -0.196. The zero-order chi connectivity index (χ0) is 15.9. The van der Waals surface area contributed by atoms with Crippen LogP contribution < -0.4 is 10.1 Å². The molecular weight excluding hydrogens is 325 g/mol. The summed E-state index contributed by atoms with van der Waals surface area (Å²) in [6.07, 6.45) is 3.21. The quantitative estimate of drug-likeness (QED) is 0.824. The molecule has 6 heteroatoms. The number of nitrogens with one attached hydrogen (secondary N) is 1. The molecule has 1 heterocycles. The van der Waals surface area contributed by atoms with Crippen LogP contribution in [0.1, 0.15) is 19.1 Å². The number of ether oxygens (including phenoxy) is 1. The van der Waals surface area contributed by atoms with Crippen LogP contribution in [0.25, 0.3) is 0 Å². The van der Waals surface area contributed by atoms with Crippen molar-refractivity contribution in [2.75, 3.05) is 6.61 Å². The molecule has 0 spiro atoms. The summed E-state index contributed by atoms with van der Waals surface area (Å²) < 4.78 is 10.6. The largest absolute Gasteiger partial charge is 0.482 e. The summed E-state index contributed by atoms with van der Waals surface area (Å²) in [6, 6.07) is 8.66. The van der Waals surface area contributed by atoms with Crippen molar-refractivity contribution in [3.05, 3.63) is 52.4 Å². The van der Waals surface area contributed by atoms with Gasteiger partial charge in [-0.05, 0) is 43.7 Å². The Morgan fingerprint density at radius 3 is 2.86 bits per heavy atom. The Morgan fingerprint density at radius 1 is 1.36 bits per heavy atom. The normalized spacial score (nSPS) is 12.0. The van der Waals surface area contributed by atoms with Gasteiger partial charge in [0.1, 0.15) is 11.5 Å². The lowest BCUT2D eigenvalue weighted by Gasteiger charge is -2.14. The topological polar surface area (TPSA) is 51.5 Å². The highest BCUT2D eigenvalue weighted by Crippen LogP contribution is 2.27. The molecule has 2 rings (SSSR count). The Labute approximate surface area is 139 Å². The molecule has 1 amide bonds. The third kappa shape index (κ3) is 5.28. The van der Waals surface area contributed by atoms with Crippen LogP contribution in [0.4, 0.5) is 0 Å². The van der Waals surface area contributed by atoms with Crippen molar-refractivity contribution in [2.24, 2.45) is 0 Å². The van der Waals surface area contributed by atoms with E-state index in [1.54, 1.807) is 24.5 Å². The van der Waals surface area contributed by atoms with Crippen LogP contribution in [0.3, 0.4) is 0 Å². The van der Waals surface area contributed by atoms with Gasteiger partial charge in [-0.3, -0.25) is 4.79 Å². The maximum Gasteiger partial charge on any atom is 0.258 e. The highest BCUT2D eigenvalue weighted by molar-refractivity contribution is 6.35. The van der Waals surface area contributed by atoms with E-state index >= 15 is 0 Å². The number of benzene rings is 1. The summed E-state index contributed by atoms with van der Waals surface area (Å²) in [5.74, 6) is 1.15. The van der Waals surface area contributed by atoms with Gasteiger partial charge in [0.15, 0.2) is 6.61 Å². The number of rotatable bonds is 7. The molecular formula is C16H17Cl2NO3. The smallest absolute Gasteiger partial charge is 0.258 e. The van der Waals surface area contributed by atoms with E-state index in [-0.39, 0.29) is 18.6 Å². The van der Waals surface area contributed by atoms with Crippen LogP contribution >= 0.6 is 23.2 Å². The molecule has 0 aliphatic heterocycles. The third-order valence-electron chi connectivity index (χ3n) is 3.06. The van der Waals surface area contributed by atoms with E-state index in [0.717, 1.165) is 18.6 Å². The molecule has 1 atom stereocenters. The van der Waals surface area contributed by atoms with Crippen LogP contribution in [0.15, 0.2) is 41.0 Å². The second-order valence-corrected chi connectivity index (χ2v) is 5.79. The highest BCUT2D eigenvalue weighted by atomic mass is 35.5. The van der Waals surface area contributed by atoms with Gasteiger partial charge in [0.05, 0.1) is 11.3 Å². The standard InChI is InChI=1S/C16H17Cl2NO3/c1-11(4-6-13-3-2-8-21-13)19-16(20)10-22-15-7-5-12(17)9-14(15)18/h2-3,5,7-9,11H,4,6,10H2,1H3,(H,19,20)/t11-/m1/s1. The van der Waals surface area contributed by atoms with E-state index in [1.807, 2.05) is 19.1 Å². The molecule has 4 nitrogen and oxygen atoms in total. The predicted molar refractivity (Wildman–Crippen MR) is 86.6 cm³/mol. The van der Waals surface area contributed by atoms with Gasteiger partial charge in [-0.1, -0.05) is 23.2 Å². The van der Waals surface area contributed by atoms with Crippen LogP contribution in [-0.2, 0) is 11.2 Å². The number of aryl methyl sites for hydroxylation is 1. The van der Waals surface area contributed by atoms with Gasteiger partial charge in [-0.15, -0.1) is 0 Å². The molecule has 0 bridgehead atoms. The van der Waals surface area contributed by atoms with Crippen LogP contribution in [-0.4, -0.2) is 18.6 Å². The molecule has 2 aromatic rings. The molecule has 0 saturated heterocycles. The maximum absolute atomic E-state index is 11.8. The lowest BCUT2D eigenvalue weighted by atomic mass is 10.1. The summed E-state index contributed by atoms with van der Waals surface area (Å²) in [7, 11) is 0. The number of carbonyl (C=O) groups is 1. The van der Waals surface area contributed by atoms with E-state index in [2.05, 4.69) is 5.32 Å². The Bertz CT molecular complexity index is 614. The monoisotopic (exact) mass is 341 g/mol. The van der Waals surface area contributed by atoms with Crippen molar-refractivity contribution in [1.82, 2.24) is 5.32 Å². The van der Waals surface area contributed by atoms with Crippen molar-refractivity contribution >= 4 is 29.1 Å². The lowest BCUT2D eigenvalue weighted by molar-refractivity contribution is -0.123. The Hall–Kier alpha value is -1.65. The molecule has 0 aliphatic rings. The number of halogens is 2. The third-order valence-corrected chi connectivity index (χ3v) is 3.59. The van der Waals surface area contributed by atoms with Gasteiger partial charge in [0.2, 0.25) is 0 Å². The first-order chi connectivity index (χ1) is 10.5. The van der Waals surface area contributed by atoms with Crippen LogP contribution in [0.5, 0.6) is 5.75 Å². The van der Waals surface area contributed by atoms with E-state index in [9.17, 15) is 4.79 Å². The minimum Gasteiger partial charge on any atom is -0.482 e. The second kappa shape index (κ2) is 8.11. The van der Waals surface area contributed by atoms with Crippen LogP contribution in [0, 0.1) is 0 Å². The molecule has 0 unspecified atom stereocenters. The fourth-order valence-electron chi connectivity index (χ4n) is 1.94. The van der Waals surface area contributed by atoms with E-state index in [4.69, 9.17) is 32.4 Å². The predicted octanol–water partition coefficient (Wildman–Crippen LogP) is 4.10. The molecule has 1 aromatic heterocycles. The minimum absolute atomic E-state index is 0.0295. The van der Waals surface area contributed by atoms with Gasteiger partial charge in [0, 0.05) is 17.5 Å². The summed E-state index contributed by atoms with van der Waals surface area (Å²) in [4.78, 5) is 11.8. The number of hydrogen-bond acceptors (Lipinski definition) is 3. The van der Waals surface area contributed by atoms with Crippen molar-refractivity contribution in [3.8, 4) is 5.75 Å². The molecule has 0 aliphatic carbocycles. The lowest BCUT2D eigenvalue weighted by Crippen LogP contribution is -2.36. The Kier molecular flexibility index (Phi) is 6.16. The Balaban J connectivity index is 1.72. The zero-order valence-electron chi connectivity index (χ0n) is 12.1. The van der Waals surface area contributed by atoms with E-state index in [1.165, 1.54) is 0 Å². The molecule has 22 heavy (non-hydrogen) atoms. The van der Waals surface area contributed by atoms with Gasteiger partial charge < -0.3 is 14.5 Å². The molecule has 0 radical (unpaired) electrons. The first-order valence-electron chi connectivity index (χ1n) is 6.94. The van der Waals surface area contributed by atoms with Crippen molar-refractivity contribution < 1.29 is 13.9 Å². The number of carbonyl (C=O) groups excluding carboxylic acids is 1. The molecule has 0 fully saturated rings. The molecule has 0 saturated carbocycles.